The molecule has 0 N–H and O–H groups in total. The van der Waals surface area contributed by atoms with Crippen LogP contribution < -0.4 is 0 Å². The summed E-state index contributed by atoms with van der Waals surface area (Å²) in [5.74, 6) is 0. The van der Waals surface area contributed by atoms with Crippen LogP contribution in [0.15, 0.2) is 12.6 Å². The van der Waals surface area contributed by atoms with Crippen LogP contribution in [-0.4, -0.2) is 14.2 Å². The van der Waals surface area contributed by atoms with E-state index in [1.807, 2.05) is 13.0 Å². The Balaban J connectivity index is 3.02. The van der Waals surface area contributed by atoms with Gasteiger partial charge >= 0.3 is 0 Å². The molecule has 0 aliphatic rings. The second-order valence-corrected chi connectivity index (χ2v) is 4.41. The lowest BCUT2D eigenvalue weighted by Gasteiger charge is -2.11. The van der Waals surface area contributed by atoms with E-state index in [0.717, 1.165) is 15.3 Å². The van der Waals surface area contributed by atoms with Gasteiger partial charge in [0.15, 0.2) is 6.29 Å². The summed E-state index contributed by atoms with van der Waals surface area (Å²) >= 11 is 7.36. The second-order valence-electron chi connectivity index (χ2n) is 2.87. The minimum Gasteiger partial charge on any atom is -0.351 e. The molecule has 1 aromatic rings. The maximum atomic E-state index is 5.81. The molecule has 0 amide bonds. The van der Waals surface area contributed by atoms with Crippen LogP contribution in [-0.2, 0) is 9.47 Å². The number of ether oxygens (including phenoxy) is 2. The first-order valence-corrected chi connectivity index (χ1v) is 5.30. The van der Waals surface area contributed by atoms with Crippen molar-refractivity contribution < 1.29 is 9.47 Å². The predicted octanol–water partition coefficient (Wildman–Crippen LogP) is 3.56. The molecule has 4 heteroatoms. The van der Waals surface area contributed by atoms with Gasteiger partial charge in [-0.2, -0.15) is 0 Å². The Morgan fingerprint density at radius 1 is 1.50 bits per heavy atom. The molecule has 14 heavy (non-hydrogen) atoms. The Kier molecular flexibility index (Phi) is 4.13. The number of thiophene rings is 1. The van der Waals surface area contributed by atoms with Gasteiger partial charge < -0.3 is 9.47 Å². The highest BCUT2D eigenvalue weighted by Crippen LogP contribution is 2.34. The van der Waals surface area contributed by atoms with Gasteiger partial charge in [-0.3, -0.25) is 0 Å². The maximum absolute atomic E-state index is 5.81. The predicted molar refractivity (Wildman–Crippen MR) is 60.7 cm³/mol. The molecule has 0 saturated heterocycles. The maximum Gasteiger partial charge on any atom is 0.192 e. The van der Waals surface area contributed by atoms with Crippen LogP contribution in [0.5, 0.6) is 0 Å². The van der Waals surface area contributed by atoms with Crippen molar-refractivity contribution in [3.8, 4) is 0 Å². The Morgan fingerprint density at radius 2 is 2.07 bits per heavy atom. The van der Waals surface area contributed by atoms with Crippen molar-refractivity contribution in [3.05, 3.63) is 28.0 Å². The molecule has 0 spiro atoms. The first-order valence-electron chi connectivity index (χ1n) is 4.10. The Morgan fingerprint density at radius 3 is 2.43 bits per heavy atom. The van der Waals surface area contributed by atoms with Gasteiger partial charge in [0.1, 0.15) is 0 Å². The number of rotatable bonds is 4. The van der Waals surface area contributed by atoms with Gasteiger partial charge in [0.2, 0.25) is 0 Å². The minimum atomic E-state index is -0.315. The van der Waals surface area contributed by atoms with Crippen LogP contribution in [0.25, 0.3) is 5.03 Å². The van der Waals surface area contributed by atoms with E-state index in [1.54, 1.807) is 25.6 Å². The molecule has 0 saturated carbocycles. The van der Waals surface area contributed by atoms with Gasteiger partial charge in [-0.25, -0.2) is 0 Å². The molecule has 0 aliphatic carbocycles. The average Bonchev–Trinajstić information content (AvgIpc) is 2.51. The van der Waals surface area contributed by atoms with Crippen LogP contribution in [0.1, 0.15) is 21.6 Å². The first kappa shape index (κ1) is 11.7. The minimum absolute atomic E-state index is 0.315. The lowest BCUT2D eigenvalue weighted by Crippen LogP contribution is -2.02. The molecule has 1 aromatic heterocycles. The van der Waals surface area contributed by atoms with Gasteiger partial charge in [-0.1, -0.05) is 18.2 Å². The van der Waals surface area contributed by atoms with Gasteiger partial charge in [-0.05, 0) is 18.6 Å². The Hall–Kier alpha value is -0.350. The standard InChI is InChI=1S/C10H13ClO2S/c1-6-5-8(7(2)11)14-9(6)10(12-3)13-4/h5,10H,2H2,1,3-4H3. The molecule has 0 aromatic carbocycles. The molecular weight excluding hydrogens is 220 g/mol. The fourth-order valence-electron chi connectivity index (χ4n) is 1.17. The molecule has 0 unspecified atom stereocenters. The summed E-state index contributed by atoms with van der Waals surface area (Å²) in [5, 5.41) is 0.551. The van der Waals surface area contributed by atoms with Crippen LogP contribution in [0.4, 0.5) is 0 Å². The normalized spacial score (nSPS) is 10.9. The largest absolute Gasteiger partial charge is 0.351 e. The molecule has 0 bridgehead atoms. The van der Waals surface area contributed by atoms with Crippen LogP contribution >= 0.6 is 22.9 Å². The van der Waals surface area contributed by atoms with E-state index in [1.165, 1.54) is 0 Å². The summed E-state index contributed by atoms with van der Waals surface area (Å²) < 4.78 is 10.3. The number of methoxy groups -OCH3 is 2. The van der Waals surface area contributed by atoms with Crippen LogP contribution in [0, 0.1) is 6.92 Å². The van der Waals surface area contributed by atoms with E-state index in [2.05, 4.69) is 6.58 Å². The van der Waals surface area contributed by atoms with Crippen LogP contribution in [0.2, 0.25) is 0 Å². The molecule has 1 rings (SSSR count). The third kappa shape index (κ3) is 2.36. The van der Waals surface area contributed by atoms with Crippen molar-refractivity contribution in [2.45, 2.75) is 13.2 Å². The van der Waals surface area contributed by atoms with Crippen molar-refractivity contribution in [2.75, 3.05) is 14.2 Å². The summed E-state index contributed by atoms with van der Waals surface area (Å²) in [6.07, 6.45) is -0.315. The molecule has 0 atom stereocenters. The van der Waals surface area contributed by atoms with Crippen molar-refractivity contribution in [1.29, 1.82) is 0 Å². The molecular formula is C10H13ClO2S. The Labute approximate surface area is 93.1 Å². The summed E-state index contributed by atoms with van der Waals surface area (Å²) in [7, 11) is 3.23. The highest BCUT2D eigenvalue weighted by molar-refractivity contribution is 7.14. The quantitative estimate of drug-likeness (QED) is 0.739. The van der Waals surface area contributed by atoms with E-state index in [9.17, 15) is 0 Å². The number of hydrogen-bond donors (Lipinski definition) is 0. The number of hydrogen-bond acceptors (Lipinski definition) is 3. The highest BCUT2D eigenvalue weighted by atomic mass is 35.5. The summed E-state index contributed by atoms with van der Waals surface area (Å²) in [4.78, 5) is 1.99. The van der Waals surface area contributed by atoms with Gasteiger partial charge in [0, 0.05) is 19.1 Å². The van der Waals surface area contributed by atoms with Gasteiger partial charge in [-0.15, -0.1) is 11.3 Å². The molecule has 0 aliphatic heterocycles. The van der Waals surface area contributed by atoms with Crippen molar-refractivity contribution >= 4 is 28.0 Å². The third-order valence-electron chi connectivity index (χ3n) is 1.87. The lowest BCUT2D eigenvalue weighted by atomic mass is 10.2. The van der Waals surface area contributed by atoms with E-state index >= 15 is 0 Å². The zero-order valence-electron chi connectivity index (χ0n) is 8.46. The van der Waals surface area contributed by atoms with Gasteiger partial charge in [0.25, 0.3) is 0 Å². The second kappa shape index (κ2) is 4.94. The average molecular weight is 233 g/mol. The molecule has 0 fully saturated rings. The van der Waals surface area contributed by atoms with Crippen molar-refractivity contribution in [1.82, 2.24) is 0 Å². The fraction of sp³-hybridized carbons (Fsp3) is 0.400. The summed E-state index contributed by atoms with van der Waals surface area (Å²) in [6.45, 7) is 5.69. The van der Waals surface area contributed by atoms with Crippen molar-refractivity contribution in [2.24, 2.45) is 0 Å². The third-order valence-corrected chi connectivity index (χ3v) is 3.50. The van der Waals surface area contributed by atoms with Gasteiger partial charge in [0.05, 0.1) is 9.91 Å². The molecule has 2 nitrogen and oxygen atoms in total. The molecule has 1 heterocycles. The summed E-state index contributed by atoms with van der Waals surface area (Å²) in [5.41, 5.74) is 1.11. The fourth-order valence-corrected chi connectivity index (χ4v) is 2.44. The Bertz CT molecular complexity index is 329. The zero-order valence-corrected chi connectivity index (χ0v) is 10.0. The smallest absolute Gasteiger partial charge is 0.192 e. The summed E-state index contributed by atoms with van der Waals surface area (Å²) in [6, 6.07) is 1.99. The number of aryl methyl sites for hydroxylation is 1. The highest BCUT2D eigenvalue weighted by Gasteiger charge is 2.16. The molecule has 78 valence electrons. The molecule has 0 radical (unpaired) electrons. The SMILES string of the molecule is C=C(Cl)c1cc(C)c(C(OC)OC)s1. The van der Waals surface area contributed by atoms with E-state index < -0.39 is 0 Å². The van der Waals surface area contributed by atoms with E-state index in [4.69, 9.17) is 21.1 Å². The topological polar surface area (TPSA) is 18.5 Å². The van der Waals surface area contributed by atoms with Crippen molar-refractivity contribution in [3.63, 3.8) is 0 Å². The van der Waals surface area contributed by atoms with Crippen LogP contribution in [0.3, 0.4) is 0 Å². The van der Waals surface area contributed by atoms with E-state index in [-0.39, 0.29) is 6.29 Å². The number of halogens is 1. The zero-order chi connectivity index (χ0) is 10.7. The monoisotopic (exact) mass is 232 g/mol. The lowest BCUT2D eigenvalue weighted by molar-refractivity contribution is -0.103. The van der Waals surface area contributed by atoms with E-state index in [0.29, 0.717) is 5.03 Å². The first-order chi connectivity index (χ1) is 6.60.